The third-order valence-electron chi connectivity index (χ3n) is 6.79. The Hall–Kier alpha value is -2.53. The van der Waals surface area contributed by atoms with Gasteiger partial charge in [0, 0.05) is 5.57 Å². The zero-order valence-corrected chi connectivity index (χ0v) is 22.2. The van der Waals surface area contributed by atoms with Gasteiger partial charge < -0.3 is 10.2 Å². The Labute approximate surface area is 205 Å². The summed E-state index contributed by atoms with van der Waals surface area (Å²) in [7, 11) is -1.98. The first-order chi connectivity index (χ1) is 15.6. The van der Waals surface area contributed by atoms with Gasteiger partial charge in [0.25, 0.3) is 0 Å². The van der Waals surface area contributed by atoms with Crippen molar-refractivity contribution in [3.63, 3.8) is 0 Å². The van der Waals surface area contributed by atoms with Crippen LogP contribution in [0.15, 0.2) is 103 Å². The summed E-state index contributed by atoms with van der Waals surface area (Å²) in [5.41, 5.74) is 10.1. The van der Waals surface area contributed by atoms with Crippen LogP contribution in [0.4, 0.5) is 0 Å². The van der Waals surface area contributed by atoms with E-state index in [1.165, 1.54) is 0 Å². The molecule has 0 saturated heterocycles. The molecule has 0 unspecified atom stereocenters. The fourth-order valence-electron chi connectivity index (χ4n) is 3.77. The summed E-state index contributed by atoms with van der Waals surface area (Å²) in [5.74, 6) is 0. The number of rotatable bonds is 8. The average Bonchev–Trinajstić information content (AvgIpc) is 2.80. The number of hydrogen-bond donors (Lipinski definition) is 1. The van der Waals surface area contributed by atoms with Gasteiger partial charge in [0.1, 0.15) is 4.99 Å². The van der Waals surface area contributed by atoms with Gasteiger partial charge in [-0.25, -0.2) is 0 Å². The normalized spacial score (nSPS) is 13.1. The average molecular weight is 474 g/mol. The molecule has 172 valence electrons. The van der Waals surface area contributed by atoms with Crippen LogP contribution >= 0.6 is 12.2 Å². The maximum absolute atomic E-state index is 6.57. The molecule has 0 fully saturated rings. The molecule has 0 saturated carbocycles. The molecule has 3 aromatic carbocycles. The van der Waals surface area contributed by atoms with Gasteiger partial charge in [-0.05, 0) is 34.8 Å². The Morgan fingerprint density at radius 1 is 0.788 bits per heavy atom. The molecule has 2 N–H and O–H groups in total. The summed E-state index contributed by atoms with van der Waals surface area (Å²) in [6.07, 6.45) is 2.22. The second-order valence-electron chi connectivity index (χ2n) is 9.99. The summed E-state index contributed by atoms with van der Waals surface area (Å²) in [6.45, 7) is 11.6. The second kappa shape index (κ2) is 10.2. The number of benzene rings is 3. The third-order valence-corrected chi connectivity index (χ3v) is 11.5. The predicted molar refractivity (Wildman–Crippen MR) is 147 cm³/mol. The van der Waals surface area contributed by atoms with Crippen LogP contribution in [0.1, 0.15) is 37.5 Å². The minimum absolute atomic E-state index is 0.101. The predicted octanol–water partition coefficient (Wildman–Crippen LogP) is 7.26. The Morgan fingerprint density at radius 2 is 1.15 bits per heavy atom. The van der Waals surface area contributed by atoms with E-state index < -0.39 is 13.7 Å². The first-order valence-corrected chi connectivity index (χ1v) is 14.7. The summed E-state index contributed by atoms with van der Waals surface area (Å²) in [4.78, 5) is 0.376. The Bertz CT molecular complexity index is 990. The van der Waals surface area contributed by atoms with E-state index in [1.807, 2.05) is 18.2 Å². The van der Waals surface area contributed by atoms with E-state index in [4.69, 9.17) is 22.4 Å². The number of hydrogen-bond acceptors (Lipinski definition) is 2. The van der Waals surface area contributed by atoms with E-state index in [9.17, 15) is 0 Å². The minimum atomic E-state index is -1.98. The fourth-order valence-corrected chi connectivity index (χ4v) is 4.84. The van der Waals surface area contributed by atoms with E-state index in [0.717, 1.165) is 22.3 Å². The van der Waals surface area contributed by atoms with Crippen LogP contribution in [0.2, 0.25) is 18.1 Å². The quantitative estimate of drug-likeness (QED) is 0.162. The van der Waals surface area contributed by atoms with Gasteiger partial charge >= 0.3 is 0 Å². The van der Waals surface area contributed by atoms with E-state index in [1.54, 1.807) is 0 Å². The fraction of sp³-hybridized carbons (Fsp3) is 0.276. The Kier molecular flexibility index (Phi) is 7.73. The summed E-state index contributed by atoms with van der Waals surface area (Å²) in [6, 6.07) is 31.6. The lowest BCUT2D eigenvalue weighted by atomic mass is 9.68. The van der Waals surface area contributed by atoms with Crippen LogP contribution in [0.3, 0.4) is 0 Å². The van der Waals surface area contributed by atoms with Crippen LogP contribution in [-0.2, 0) is 9.84 Å². The van der Waals surface area contributed by atoms with Crippen LogP contribution in [-0.4, -0.2) is 19.9 Å². The lowest BCUT2D eigenvalue weighted by molar-refractivity contribution is 0.322. The van der Waals surface area contributed by atoms with Crippen molar-refractivity contribution in [1.82, 2.24) is 0 Å². The molecule has 2 nitrogen and oxygen atoms in total. The van der Waals surface area contributed by atoms with Crippen molar-refractivity contribution in [1.29, 1.82) is 0 Å². The molecule has 4 heteroatoms. The van der Waals surface area contributed by atoms with Crippen molar-refractivity contribution >= 4 is 25.5 Å². The zero-order chi connectivity index (χ0) is 24.1. The summed E-state index contributed by atoms with van der Waals surface area (Å²) < 4.78 is 6.57. The van der Waals surface area contributed by atoms with E-state index in [0.29, 0.717) is 11.6 Å². The van der Waals surface area contributed by atoms with Crippen molar-refractivity contribution < 1.29 is 4.43 Å². The van der Waals surface area contributed by atoms with E-state index in [-0.39, 0.29) is 5.04 Å². The van der Waals surface area contributed by atoms with Crippen molar-refractivity contribution in [3.05, 3.63) is 119 Å². The van der Waals surface area contributed by atoms with Gasteiger partial charge in [-0.1, -0.05) is 130 Å². The van der Waals surface area contributed by atoms with Gasteiger partial charge in [0.05, 0.1) is 12.0 Å². The largest absolute Gasteiger partial charge is 0.412 e. The first-order valence-electron chi connectivity index (χ1n) is 11.4. The SMILES string of the molecule is CC(C)(C)[Si](C)(C)OC/C(=C\C(c1ccccc1)(c1ccccc1)c1ccccc1)C(N)=S. The molecular weight excluding hydrogens is 438 g/mol. The Balaban J connectivity index is 2.26. The molecule has 0 radical (unpaired) electrons. The maximum Gasteiger partial charge on any atom is 0.192 e. The molecular formula is C29H35NOSSi. The lowest BCUT2D eigenvalue weighted by Crippen LogP contribution is -2.42. The topological polar surface area (TPSA) is 35.2 Å². The minimum Gasteiger partial charge on any atom is -0.412 e. The highest BCUT2D eigenvalue weighted by molar-refractivity contribution is 7.80. The number of allylic oxidation sites excluding steroid dienone is 1. The highest BCUT2D eigenvalue weighted by Crippen LogP contribution is 2.42. The van der Waals surface area contributed by atoms with Gasteiger partial charge in [0.15, 0.2) is 8.32 Å². The smallest absolute Gasteiger partial charge is 0.192 e. The first kappa shape index (κ1) is 25.1. The molecule has 0 aliphatic heterocycles. The number of thiocarbonyl (C=S) groups is 1. The molecule has 0 aliphatic rings. The summed E-state index contributed by atoms with van der Waals surface area (Å²) >= 11 is 5.56. The van der Waals surface area contributed by atoms with Crippen LogP contribution in [0, 0.1) is 0 Å². The maximum atomic E-state index is 6.57. The van der Waals surface area contributed by atoms with Gasteiger partial charge in [-0.15, -0.1) is 0 Å². The van der Waals surface area contributed by atoms with Gasteiger partial charge in [-0.3, -0.25) is 0 Å². The van der Waals surface area contributed by atoms with E-state index in [2.05, 4.69) is 113 Å². The molecule has 3 aromatic rings. The Morgan fingerprint density at radius 3 is 1.45 bits per heavy atom. The van der Waals surface area contributed by atoms with Gasteiger partial charge in [-0.2, -0.15) is 0 Å². The van der Waals surface area contributed by atoms with Crippen LogP contribution in [0.25, 0.3) is 0 Å². The highest BCUT2D eigenvalue weighted by atomic mass is 32.1. The van der Waals surface area contributed by atoms with E-state index >= 15 is 0 Å². The van der Waals surface area contributed by atoms with Crippen molar-refractivity contribution in [3.8, 4) is 0 Å². The van der Waals surface area contributed by atoms with Crippen LogP contribution in [0.5, 0.6) is 0 Å². The molecule has 33 heavy (non-hydrogen) atoms. The lowest BCUT2D eigenvalue weighted by Gasteiger charge is -2.37. The molecule has 0 amide bonds. The second-order valence-corrected chi connectivity index (χ2v) is 15.2. The monoisotopic (exact) mass is 473 g/mol. The van der Waals surface area contributed by atoms with Crippen LogP contribution < -0.4 is 5.73 Å². The molecule has 0 atom stereocenters. The third kappa shape index (κ3) is 5.52. The van der Waals surface area contributed by atoms with Crippen molar-refractivity contribution in [2.24, 2.45) is 5.73 Å². The number of nitrogens with two attached hydrogens (primary N) is 1. The molecule has 0 spiro atoms. The van der Waals surface area contributed by atoms with Gasteiger partial charge in [0.2, 0.25) is 0 Å². The van der Waals surface area contributed by atoms with Crippen molar-refractivity contribution in [2.45, 2.75) is 44.3 Å². The zero-order valence-electron chi connectivity index (χ0n) is 20.3. The van der Waals surface area contributed by atoms with Crippen molar-refractivity contribution in [2.75, 3.05) is 6.61 Å². The standard InChI is InChI=1S/C29H35NOSSi/c1-28(2,3)33(4,5)31-22-23(27(30)32)21-29(24-15-9-6-10-16-24,25-17-11-7-12-18-25)26-19-13-8-14-20-26/h6-21H,22H2,1-5H3,(H2,30,32)/b23-21+. The summed E-state index contributed by atoms with van der Waals surface area (Å²) in [5, 5.41) is 0.101. The molecule has 3 rings (SSSR count). The highest BCUT2D eigenvalue weighted by Gasteiger charge is 2.38. The molecule has 0 aromatic heterocycles. The molecule has 0 bridgehead atoms. The molecule has 0 heterocycles. The molecule has 0 aliphatic carbocycles.